The van der Waals surface area contributed by atoms with Gasteiger partial charge >= 0.3 is 6.16 Å². The fourth-order valence-electron chi connectivity index (χ4n) is 0.595. The Morgan fingerprint density at radius 2 is 2.15 bits per heavy atom. The molecule has 1 aromatic heterocycles. The number of carbonyl (C=O) groups is 1. The van der Waals surface area contributed by atoms with Crippen LogP contribution in [0.2, 0.25) is 10.3 Å². The molecule has 0 saturated heterocycles. The molecule has 1 N–H and O–H groups in total. The minimum atomic E-state index is -1.61. The van der Waals surface area contributed by atoms with Crippen molar-refractivity contribution in [2.75, 3.05) is 0 Å². The van der Waals surface area contributed by atoms with Gasteiger partial charge in [0.25, 0.3) is 0 Å². The Labute approximate surface area is 81.9 Å². The van der Waals surface area contributed by atoms with Crippen molar-refractivity contribution in [2.45, 2.75) is 0 Å². The third-order valence-corrected chi connectivity index (χ3v) is 1.59. The van der Waals surface area contributed by atoms with E-state index in [1.54, 1.807) is 0 Å². The molecule has 0 bridgehead atoms. The highest BCUT2D eigenvalue weighted by atomic mass is 35.5. The molecule has 70 valence electrons. The second-order valence-corrected chi connectivity index (χ2v) is 2.63. The van der Waals surface area contributed by atoms with Crippen LogP contribution >= 0.6 is 23.2 Å². The molecule has 0 amide bonds. The van der Waals surface area contributed by atoms with Crippen LogP contribution in [-0.2, 0) is 0 Å². The first kappa shape index (κ1) is 10.0. The van der Waals surface area contributed by atoms with Crippen LogP contribution in [0, 0.1) is 5.82 Å². The molecule has 1 rings (SSSR count). The fraction of sp³-hybridized carbons (Fsp3) is 0. The van der Waals surface area contributed by atoms with Crippen molar-refractivity contribution in [1.82, 2.24) is 4.98 Å². The van der Waals surface area contributed by atoms with Gasteiger partial charge < -0.3 is 9.84 Å². The summed E-state index contributed by atoms with van der Waals surface area (Å²) in [7, 11) is 0. The van der Waals surface area contributed by atoms with E-state index in [9.17, 15) is 9.18 Å². The monoisotopic (exact) mass is 225 g/mol. The minimum Gasteiger partial charge on any atom is -0.449 e. The minimum absolute atomic E-state index is 0.311. The number of hydrogen-bond donors (Lipinski definition) is 1. The molecule has 0 aromatic carbocycles. The molecule has 0 fully saturated rings. The summed E-state index contributed by atoms with van der Waals surface area (Å²) in [4.78, 5) is 13.3. The second-order valence-electron chi connectivity index (χ2n) is 1.92. The first-order chi connectivity index (χ1) is 6.00. The van der Waals surface area contributed by atoms with Crippen molar-refractivity contribution < 1.29 is 19.0 Å². The summed E-state index contributed by atoms with van der Waals surface area (Å²) in [6.45, 7) is 0. The standard InChI is InChI=1S/C6H2Cl2FNO3/c7-4-2(9)1-3(5(8)10-4)13-6(11)12/h1H,(H,11,12). The number of halogens is 3. The molecule has 0 unspecified atom stereocenters. The van der Waals surface area contributed by atoms with Gasteiger partial charge in [0.05, 0.1) is 0 Å². The van der Waals surface area contributed by atoms with Crippen molar-refractivity contribution >= 4 is 29.4 Å². The van der Waals surface area contributed by atoms with Crippen molar-refractivity contribution in [2.24, 2.45) is 0 Å². The number of pyridine rings is 1. The van der Waals surface area contributed by atoms with E-state index in [4.69, 9.17) is 28.3 Å². The zero-order valence-corrected chi connectivity index (χ0v) is 7.43. The van der Waals surface area contributed by atoms with Gasteiger partial charge in [0.15, 0.2) is 21.9 Å². The molecular formula is C6H2Cl2FNO3. The summed E-state index contributed by atoms with van der Waals surface area (Å²) in [5.41, 5.74) is 0. The van der Waals surface area contributed by atoms with E-state index < -0.39 is 22.9 Å². The molecule has 4 nitrogen and oxygen atoms in total. The van der Waals surface area contributed by atoms with Gasteiger partial charge in [0, 0.05) is 6.07 Å². The maximum absolute atomic E-state index is 12.7. The summed E-state index contributed by atoms with van der Waals surface area (Å²) < 4.78 is 16.8. The Morgan fingerprint density at radius 1 is 1.54 bits per heavy atom. The third-order valence-electron chi connectivity index (χ3n) is 1.05. The Morgan fingerprint density at radius 3 is 2.69 bits per heavy atom. The number of carboxylic acid groups (broad SMARTS) is 1. The van der Waals surface area contributed by atoms with Crippen LogP contribution in [0.15, 0.2) is 6.07 Å². The predicted molar refractivity (Wildman–Crippen MR) is 42.9 cm³/mol. The number of nitrogens with zero attached hydrogens (tertiary/aromatic N) is 1. The quantitative estimate of drug-likeness (QED) is 0.590. The zero-order chi connectivity index (χ0) is 10.0. The van der Waals surface area contributed by atoms with Gasteiger partial charge in [-0.15, -0.1) is 0 Å². The lowest BCUT2D eigenvalue weighted by molar-refractivity contribution is 0.144. The molecule has 7 heteroatoms. The smallest absolute Gasteiger partial charge is 0.449 e. The molecule has 0 radical (unpaired) electrons. The Hall–Kier alpha value is -1.07. The molecular weight excluding hydrogens is 224 g/mol. The number of aromatic nitrogens is 1. The van der Waals surface area contributed by atoms with E-state index in [1.165, 1.54) is 0 Å². The van der Waals surface area contributed by atoms with E-state index in [0.29, 0.717) is 0 Å². The maximum atomic E-state index is 12.7. The molecule has 1 aromatic rings. The van der Waals surface area contributed by atoms with E-state index in [0.717, 1.165) is 6.07 Å². The molecule has 0 spiro atoms. The lowest BCUT2D eigenvalue weighted by atomic mass is 10.4. The molecule has 0 aliphatic heterocycles. The molecule has 1 heterocycles. The van der Waals surface area contributed by atoms with Crippen LogP contribution in [0.1, 0.15) is 0 Å². The average Bonchev–Trinajstić information content (AvgIpc) is 1.99. The maximum Gasteiger partial charge on any atom is 0.511 e. The van der Waals surface area contributed by atoms with Gasteiger partial charge in [0.1, 0.15) is 0 Å². The van der Waals surface area contributed by atoms with E-state index >= 15 is 0 Å². The summed E-state index contributed by atoms with van der Waals surface area (Å²) in [6, 6.07) is 0.742. The fourth-order valence-corrected chi connectivity index (χ4v) is 0.954. The largest absolute Gasteiger partial charge is 0.511 e. The van der Waals surface area contributed by atoms with Crippen LogP contribution in [0.5, 0.6) is 5.75 Å². The van der Waals surface area contributed by atoms with Crippen LogP contribution in [0.25, 0.3) is 0 Å². The highest BCUT2D eigenvalue weighted by Gasteiger charge is 2.12. The Balaban J connectivity index is 3.08. The Bertz CT molecular complexity index is 358. The van der Waals surface area contributed by atoms with Crippen LogP contribution < -0.4 is 4.74 Å². The number of rotatable bonds is 1. The molecule has 0 saturated carbocycles. The molecule has 0 aliphatic rings. The van der Waals surface area contributed by atoms with Crippen molar-refractivity contribution in [3.05, 3.63) is 22.2 Å². The van der Waals surface area contributed by atoms with Gasteiger partial charge in [-0.25, -0.2) is 14.2 Å². The summed E-state index contributed by atoms with van der Waals surface area (Å²) in [5, 5.41) is 7.43. The third kappa shape index (κ3) is 2.43. The summed E-state index contributed by atoms with van der Waals surface area (Å²) in [6.07, 6.45) is -1.61. The van der Waals surface area contributed by atoms with Crippen LogP contribution in [0.4, 0.5) is 9.18 Å². The second kappa shape index (κ2) is 3.76. The Kier molecular flexibility index (Phi) is 2.90. The first-order valence-electron chi connectivity index (χ1n) is 2.93. The summed E-state index contributed by atoms with van der Waals surface area (Å²) >= 11 is 10.6. The van der Waals surface area contributed by atoms with Crippen molar-refractivity contribution in [3.8, 4) is 5.75 Å². The molecule has 0 aliphatic carbocycles. The molecule has 0 atom stereocenters. The average molecular weight is 226 g/mol. The van der Waals surface area contributed by atoms with Gasteiger partial charge in [-0.3, -0.25) is 0 Å². The first-order valence-corrected chi connectivity index (χ1v) is 3.68. The predicted octanol–water partition coefficient (Wildman–Crippen LogP) is 2.58. The van der Waals surface area contributed by atoms with E-state index in [1.807, 2.05) is 0 Å². The topological polar surface area (TPSA) is 59.4 Å². The van der Waals surface area contributed by atoms with Gasteiger partial charge in [-0.05, 0) is 0 Å². The van der Waals surface area contributed by atoms with Gasteiger partial charge in [-0.1, -0.05) is 23.2 Å². The van der Waals surface area contributed by atoms with E-state index in [-0.39, 0.29) is 5.15 Å². The van der Waals surface area contributed by atoms with E-state index in [2.05, 4.69) is 9.72 Å². The highest BCUT2D eigenvalue weighted by molar-refractivity contribution is 6.33. The number of hydrogen-bond acceptors (Lipinski definition) is 3. The van der Waals surface area contributed by atoms with Crippen molar-refractivity contribution in [3.63, 3.8) is 0 Å². The molecule has 13 heavy (non-hydrogen) atoms. The van der Waals surface area contributed by atoms with Crippen LogP contribution in [-0.4, -0.2) is 16.2 Å². The lowest BCUT2D eigenvalue weighted by Gasteiger charge is -2.02. The lowest BCUT2D eigenvalue weighted by Crippen LogP contribution is -2.04. The van der Waals surface area contributed by atoms with Gasteiger partial charge in [0.2, 0.25) is 0 Å². The normalized spacial score (nSPS) is 9.77. The zero-order valence-electron chi connectivity index (χ0n) is 5.92. The summed E-state index contributed by atoms with van der Waals surface area (Å²) in [5.74, 6) is -1.29. The number of ether oxygens (including phenoxy) is 1. The van der Waals surface area contributed by atoms with Crippen molar-refractivity contribution in [1.29, 1.82) is 0 Å². The highest BCUT2D eigenvalue weighted by Crippen LogP contribution is 2.26. The van der Waals surface area contributed by atoms with Gasteiger partial charge in [-0.2, -0.15) is 0 Å². The van der Waals surface area contributed by atoms with Crippen LogP contribution in [0.3, 0.4) is 0 Å². The SMILES string of the molecule is O=C(O)Oc1cc(F)c(Cl)nc1Cl.